The third-order valence-corrected chi connectivity index (χ3v) is 17.4. The van der Waals surface area contributed by atoms with Crippen LogP contribution in [0.1, 0.15) is 0 Å². The van der Waals surface area contributed by atoms with E-state index in [-0.39, 0.29) is 0 Å². The van der Waals surface area contributed by atoms with Gasteiger partial charge in [-0.25, -0.2) is 0 Å². The summed E-state index contributed by atoms with van der Waals surface area (Å²) in [6, 6.07) is 0. The predicted octanol–water partition coefficient (Wildman–Crippen LogP) is 2.76. The van der Waals surface area contributed by atoms with Crippen LogP contribution in [0.25, 0.3) is 0 Å². The molecular weight excluding hydrogens is 213 g/mol. The second kappa shape index (κ2) is 3.62. The zero-order valence-corrected chi connectivity index (χ0v) is 12.1. The second-order valence-corrected chi connectivity index (χ2v) is 22.8. The third-order valence-electron chi connectivity index (χ3n) is 1.81. The summed E-state index contributed by atoms with van der Waals surface area (Å²) in [7, 11) is 0.813. The summed E-state index contributed by atoms with van der Waals surface area (Å²) >= 11 is -1.56. The summed E-state index contributed by atoms with van der Waals surface area (Å²) in [4.78, 5) is 0. The molecule has 68 valence electrons. The van der Waals surface area contributed by atoms with Crippen LogP contribution in [0, 0.1) is 0 Å². The molecule has 11 heavy (non-hydrogen) atoms. The van der Waals surface area contributed by atoms with Crippen LogP contribution in [0.5, 0.6) is 0 Å². The minimum absolute atomic E-state index is 0.641. The molecule has 0 aliphatic carbocycles. The van der Waals surface area contributed by atoms with Crippen LogP contribution in [0.4, 0.5) is 0 Å². The van der Waals surface area contributed by atoms with Gasteiger partial charge >= 0.3 is 74.7 Å². The van der Waals surface area contributed by atoms with Crippen molar-refractivity contribution in [1.82, 2.24) is 0 Å². The van der Waals surface area contributed by atoms with Gasteiger partial charge in [-0.05, 0) is 0 Å². The average Bonchev–Trinajstić information content (AvgIpc) is 1.56. The normalized spacial score (nSPS) is 16.6. The molecule has 0 bridgehead atoms. The zero-order chi connectivity index (χ0) is 9.28. The summed E-state index contributed by atoms with van der Waals surface area (Å²) < 4.78 is 6.27. The summed E-state index contributed by atoms with van der Waals surface area (Å²) in [5.41, 5.74) is 0. The van der Waals surface area contributed by atoms with Crippen LogP contribution in [-0.2, 0) is 4.74 Å². The van der Waals surface area contributed by atoms with Crippen LogP contribution in [0.3, 0.4) is 0 Å². The fraction of sp³-hybridized carbons (Fsp3) is 1.00. The Morgan fingerprint density at radius 3 is 1.45 bits per heavy atom. The molecular formula is C8H22GeOSi. The van der Waals surface area contributed by atoms with Gasteiger partial charge in [0.15, 0.2) is 0 Å². The van der Waals surface area contributed by atoms with Gasteiger partial charge in [0.25, 0.3) is 0 Å². The molecule has 0 rings (SSSR count). The van der Waals surface area contributed by atoms with Crippen molar-refractivity contribution in [3.63, 3.8) is 0 Å². The molecule has 0 heterocycles. The third kappa shape index (κ3) is 3.76. The van der Waals surface area contributed by atoms with Crippen molar-refractivity contribution in [3.8, 4) is 0 Å². The van der Waals surface area contributed by atoms with Crippen LogP contribution >= 0.6 is 0 Å². The Bertz CT molecular complexity index is 109. The van der Waals surface area contributed by atoms with Crippen molar-refractivity contribution < 1.29 is 4.74 Å². The van der Waals surface area contributed by atoms with E-state index in [1.807, 2.05) is 7.11 Å². The SMILES string of the molecule is CO[CH]([Si](C)(C)C)[Ge]([CH3])([CH3])[CH3]. The van der Waals surface area contributed by atoms with Gasteiger partial charge in [-0.3, -0.25) is 0 Å². The molecule has 1 atom stereocenters. The molecule has 0 saturated carbocycles. The molecule has 0 radical (unpaired) electrons. The van der Waals surface area contributed by atoms with Crippen molar-refractivity contribution in [1.29, 1.82) is 0 Å². The molecule has 0 aliphatic rings. The van der Waals surface area contributed by atoms with Gasteiger partial charge in [0, 0.05) is 0 Å². The van der Waals surface area contributed by atoms with E-state index in [1.54, 1.807) is 0 Å². The van der Waals surface area contributed by atoms with E-state index >= 15 is 0 Å². The zero-order valence-electron chi connectivity index (χ0n) is 8.99. The van der Waals surface area contributed by atoms with E-state index in [2.05, 4.69) is 36.9 Å². The Labute approximate surface area is 74.9 Å². The molecule has 0 amide bonds. The van der Waals surface area contributed by atoms with Gasteiger partial charge in [-0.2, -0.15) is 0 Å². The fourth-order valence-electron chi connectivity index (χ4n) is 2.01. The maximum absolute atomic E-state index is 5.62. The van der Waals surface area contributed by atoms with Gasteiger partial charge in [0.2, 0.25) is 0 Å². The predicted molar refractivity (Wildman–Crippen MR) is 57.5 cm³/mol. The molecule has 3 heteroatoms. The molecule has 0 aromatic carbocycles. The summed E-state index contributed by atoms with van der Waals surface area (Å²) in [5, 5.41) is 0. The Hall–Kier alpha value is 0.720. The van der Waals surface area contributed by atoms with Crippen LogP contribution in [0.15, 0.2) is 0 Å². The van der Waals surface area contributed by atoms with Gasteiger partial charge in [0.1, 0.15) is 0 Å². The second-order valence-electron chi connectivity index (χ2n) is 5.35. The van der Waals surface area contributed by atoms with Gasteiger partial charge < -0.3 is 0 Å². The molecule has 0 aliphatic heterocycles. The number of ether oxygens (including phenoxy) is 1. The Morgan fingerprint density at radius 1 is 1.09 bits per heavy atom. The van der Waals surface area contributed by atoms with E-state index in [1.165, 1.54) is 0 Å². The topological polar surface area (TPSA) is 9.23 Å². The molecule has 0 aromatic rings. The number of methoxy groups -OCH3 is 1. The van der Waals surface area contributed by atoms with Crippen LogP contribution in [-0.4, -0.2) is 33.0 Å². The summed E-state index contributed by atoms with van der Waals surface area (Å²) in [5.74, 6) is 7.31. The monoisotopic (exact) mass is 236 g/mol. The van der Waals surface area contributed by atoms with Crippen molar-refractivity contribution in [3.05, 3.63) is 0 Å². The molecule has 0 N–H and O–H groups in total. The number of hydrogen-bond donors (Lipinski definition) is 0. The minimum atomic E-state index is -1.56. The Balaban J connectivity index is 4.43. The van der Waals surface area contributed by atoms with E-state index in [9.17, 15) is 0 Å². The molecule has 1 nitrogen and oxygen atoms in total. The molecule has 0 fully saturated rings. The van der Waals surface area contributed by atoms with E-state index in [0.717, 1.165) is 0 Å². The number of hydrogen-bond acceptors (Lipinski definition) is 1. The van der Waals surface area contributed by atoms with Gasteiger partial charge in [0.05, 0.1) is 0 Å². The van der Waals surface area contributed by atoms with Gasteiger partial charge in [-0.1, -0.05) is 0 Å². The van der Waals surface area contributed by atoms with E-state index in [0.29, 0.717) is 4.56 Å². The quantitative estimate of drug-likeness (QED) is 0.683. The molecule has 0 saturated heterocycles. The first-order valence-electron chi connectivity index (χ1n) is 4.22. The van der Waals surface area contributed by atoms with Crippen molar-refractivity contribution in [2.75, 3.05) is 7.11 Å². The summed E-state index contributed by atoms with van der Waals surface area (Å²) in [6.45, 7) is 7.20. The standard InChI is InChI=1S/C8H22GeOSi/c1-9(2,3)8(10-4)11(5,6)7/h8H,1-7H3. The number of rotatable bonds is 3. The van der Waals surface area contributed by atoms with Gasteiger partial charge in [-0.15, -0.1) is 0 Å². The first kappa shape index (κ1) is 11.7. The fourth-order valence-corrected chi connectivity index (χ4v) is 23.1. The molecule has 1 unspecified atom stereocenters. The van der Waals surface area contributed by atoms with E-state index in [4.69, 9.17) is 4.74 Å². The molecule has 0 spiro atoms. The summed E-state index contributed by atoms with van der Waals surface area (Å²) in [6.07, 6.45) is 0. The van der Waals surface area contributed by atoms with E-state index < -0.39 is 21.3 Å². The van der Waals surface area contributed by atoms with Crippen molar-refractivity contribution >= 4 is 21.3 Å². The van der Waals surface area contributed by atoms with Crippen molar-refractivity contribution in [2.45, 2.75) is 41.5 Å². The molecule has 0 aromatic heterocycles. The maximum atomic E-state index is 5.62. The Morgan fingerprint density at radius 2 is 1.45 bits per heavy atom. The first-order chi connectivity index (χ1) is 4.69. The van der Waals surface area contributed by atoms with Crippen LogP contribution < -0.4 is 0 Å². The average molecular weight is 235 g/mol. The van der Waals surface area contributed by atoms with Crippen LogP contribution in [0.2, 0.25) is 36.9 Å². The first-order valence-corrected chi connectivity index (χ1v) is 15.3. The Kier molecular flexibility index (Phi) is 3.86. The van der Waals surface area contributed by atoms with Crippen molar-refractivity contribution in [2.24, 2.45) is 0 Å².